The Morgan fingerprint density at radius 2 is 1.83 bits per heavy atom. The van der Waals surface area contributed by atoms with Gasteiger partial charge in [-0.3, -0.25) is 9.55 Å². The van der Waals surface area contributed by atoms with Crippen LogP contribution in [0, 0.1) is 0 Å². The maximum atomic E-state index is 11.3. The van der Waals surface area contributed by atoms with Crippen molar-refractivity contribution in [3.63, 3.8) is 0 Å². The summed E-state index contributed by atoms with van der Waals surface area (Å²) >= 11 is 0. The summed E-state index contributed by atoms with van der Waals surface area (Å²) in [5, 5.41) is 2.29. The van der Waals surface area contributed by atoms with Crippen molar-refractivity contribution in [2.45, 2.75) is 32.1 Å². The molecule has 2 heterocycles. The number of aliphatic imine (C=N–C) groups is 1. The Morgan fingerprint density at radius 3 is 2.63 bits per heavy atom. The molecule has 5 nitrogen and oxygen atoms in total. The minimum absolute atomic E-state index is 0.252. The number of hydrogen-bond donors (Lipinski definition) is 1. The van der Waals surface area contributed by atoms with Crippen LogP contribution in [-0.4, -0.2) is 38.0 Å². The van der Waals surface area contributed by atoms with Crippen molar-refractivity contribution in [1.82, 2.24) is 0 Å². The van der Waals surface area contributed by atoms with Crippen LogP contribution in [0.3, 0.4) is 0 Å². The lowest BCUT2D eigenvalue weighted by atomic mass is 9.78. The van der Waals surface area contributed by atoms with Gasteiger partial charge in [0, 0.05) is 24.7 Å². The van der Waals surface area contributed by atoms with Crippen LogP contribution in [0.1, 0.15) is 37.0 Å². The lowest BCUT2D eigenvalue weighted by Gasteiger charge is -2.27. The van der Waals surface area contributed by atoms with Gasteiger partial charge in [0.05, 0.1) is 17.2 Å². The quantitative estimate of drug-likeness (QED) is 0.427. The number of allylic oxidation sites excluding steroid dienone is 1. The van der Waals surface area contributed by atoms with E-state index in [1.165, 1.54) is 27.8 Å². The predicted octanol–water partition coefficient (Wildman–Crippen LogP) is 6.11. The summed E-state index contributed by atoms with van der Waals surface area (Å²) in [7, 11) is -1.88. The Hall–Kier alpha value is -3.22. The Labute approximate surface area is 207 Å². The van der Waals surface area contributed by atoms with Crippen LogP contribution < -0.4 is 4.90 Å². The Morgan fingerprint density at radius 1 is 1.09 bits per heavy atom. The van der Waals surface area contributed by atoms with Crippen LogP contribution >= 0.6 is 0 Å². The Balaban J connectivity index is 1.53. The van der Waals surface area contributed by atoms with E-state index in [0.29, 0.717) is 12.8 Å². The van der Waals surface area contributed by atoms with E-state index in [1.807, 2.05) is 12.1 Å². The molecule has 0 aromatic heterocycles. The first kappa shape index (κ1) is 23.5. The van der Waals surface area contributed by atoms with Crippen molar-refractivity contribution in [1.29, 1.82) is 0 Å². The van der Waals surface area contributed by atoms with Gasteiger partial charge < -0.3 is 4.90 Å². The molecule has 0 unspecified atom stereocenters. The lowest BCUT2D eigenvalue weighted by Crippen LogP contribution is -2.25. The number of fused-ring (bicyclic) bond motifs is 4. The first-order valence-electron chi connectivity index (χ1n) is 11.9. The number of nitrogens with zero attached hydrogens (tertiary/aromatic N) is 2. The Bertz CT molecular complexity index is 1510. The normalized spacial score (nSPS) is 16.9. The number of anilines is 1. The summed E-state index contributed by atoms with van der Waals surface area (Å²) < 4.78 is 31.7. The molecule has 0 fully saturated rings. The van der Waals surface area contributed by atoms with E-state index in [4.69, 9.17) is 4.99 Å². The largest absolute Gasteiger partial charge is 0.370 e. The number of benzene rings is 3. The van der Waals surface area contributed by atoms with Crippen LogP contribution in [-0.2, 0) is 22.0 Å². The van der Waals surface area contributed by atoms with Gasteiger partial charge in [-0.15, -0.1) is 0 Å². The number of rotatable bonds is 6. The monoisotopic (exact) mass is 486 g/mol. The molecule has 0 amide bonds. The fraction of sp³-hybridized carbons (Fsp3) is 0.276. The molecule has 35 heavy (non-hydrogen) atoms. The highest BCUT2D eigenvalue weighted by Crippen LogP contribution is 2.47. The summed E-state index contributed by atoms with van der Waals surface area (Å²) in [6, 6.07) is 18.8. The van der Waals surface area contributed by atoms with Crippen molar-refractivity contribution in [3.8, 4) is 0 Å². The van der Waals surface area contributed by atoms with Gasteiger partial charge in [0.2, 0.25) is 0 Å². The highest BCUT2D eigenvalue weighted by molar-refractivity contribution is 7.85. The minimum atomic E-state index is -3.99. The average Bonchev–Trinajstić information content (AvgIpc) is 3.07. The number of likely N-dealkylation sites (N-methyl/N-ethyl adjacent to an activating group) is 1. The van der Waals surface area contributed by atoms with E-state index in [0.717, 1.165) is 28.9 Å². The van der Waals surface area contributed by atoms with Crippen molar-refractivity contribution < 1.29 is 13.0 Å². The number of hydrogen-bond acceptors (Lipinski definition) is 4. The molecule has 0 bridgehead atoms. The standard InChI is InChI=1S/C29H30N2O3S/c1-29(2)26(15-14-20-17-22-10-5-7-13-25(22)31(3)19-20)30-28-23(11-8-16-35(32,33)34)18-21-9-4-6-12-24(21)27(28)29/h4-7,9-10,12-15,17-18H,8,11,16,19H2,1-3H3,(H,32,33,34). The predicted molar refractivity (Wildman–Crippen MR) is 146 cm³/mol. The second-order valence-corrected chi connectivity index (χ2v) is 11.5. The minimum Gasteiger partial charge on any atom is -0.370 e. The van der Waals surface area contributed by atoms with Crippen molar-refractivity contribution in [2.75, 3.05) is 24.2 Å². The molecule has 0 atom stereocenters. The van der Waals surface area contributed by atoms with Gasteiger partial charge in [-0.1, -0.05) is 62.4 Å². The van der Waals surface area contributed by atoms with Crippen LogP contribution in [0.25, 0.3) is 16.8 Å². The fourth-order valence-corrected chi connectivity index (χ4v) is 5.78. The lowest BCUT2D eigenvalue weighted by molar-refractivity contribution is 0.481. The van der Waals surface area contributed by atoms with Gasteiger partial charge in [0.15, 0.2) is 0 Å². The van der Waals surface area contributed by atoms with Gasteiger partial charge in [0.25, 0.3) is 10.1 Å². The molecule has 0 radical (unpaired) electrons. The van der Waals surface area contributed by atoms with E-state index < -0.39 is 10.1 Å². The molecule has 2 aliphatic rings. The molecule has 180 valence electrons. The van der Waals surface area contributed by atoms with Crippen molar-refractivity contribution >= 4 is 44.1 Å². The zero-order valence-corrected chi connectivity index (χ0v) is 21.1. The molecule has 3 aromatic carbocycles. The third kappa shape index (κ3) is 4.56. The molecule has 3 aromatic rings. The maximum Gasteiger partial charge on any atom is 0.264 e. The molecule has 0 spiro atoms. The highest BCUT2D eigenvalue weighted by Gasteiger charge is 2.36. The highest BCUT2D eigenvalue weighted by atomic mass is 32.2. The first-order valence-corrected chi connectivity index (χ1v) is 13.5. The zero-order valence-electron chi connectivity index (χ0n) is 20.3. The molecule has 0 saturated carbocycles. The fourth-order valence-electron chi connectivity index (χ4n) is 5.27. The second kappa shape index (κ2) is 8.77. The van der Waals surface area contributed by atoms with Gasteiger partial charge in [-0.25, -0.2) is 0 Å². The van der Waals surface area contributed by atoms with Gasteiger partial charge in [0.1, 0.15) is 0 Å². The zero-order chi connectivity index (χ0) is 24.8. The molecule has 1 N–H and O–H groups in total. The number of aryl methyl sites for hydroxylation is 1. The first-order chi connectivity index (χ1) is 16.6. The SMILES string of the molecule is CN1CC(C=CC2=Nc3c(CCCS(=O)(=O)O)cc4ccccc4c3C2(C)C)=Cc2ccccc21. The van der Waals surface area contributed by atoms with Crippen molar-refractivity contribution in [3.05, 3.63) is 89.0 Å². The van der Waals surface area contributed by atoms with E-state index in [1.54, 1.807) is 0 Å². The summed E-state index contributed by atoms with van der Waals surface area (Å²) in [6.07, 6.45) is 7.42. The summed E-state index contributed by atoms with van der Waals surface area (Å²) in [4.78, 5) is 7.35. The molecular formula is C29H30N2O3S. The maximum absolute atomic E-state index is 11.3. The van der Waals surface area contributed by atoms with Crippen LogP contribution in [0.2, 0.25) is 0 Å². The van der Waals surface area contributed by atoms with E-state index >= 15 is 0 Å². The number of para-hydroxylation sites is 1. The van der Waals surface area contributed by atoms with Crippen LogP contribution in [0.5, 0.6) is 0 Å². The van der Waals surface area contributed by atoms with Crippen LogP contribution in [0.15, 0.2) is 77.3 Å². The van der Waals surface area contributed by atoms with Crippen molar-refractivity contribution in [2.24, 2.45) is 4.99 Å². The smallest absolute Gasteiger partial charge is 0.264 e. The molecule has 2 aliphatic heterocycles. The van der Waals surface area contributed by atoms with E-state index in [9.17, 15) is 13.0 Å². The summed E-state index contributed by atoms with van der Waals surface area (Å²) in [6.45, 7) is 5.23. The molecule has 0 saturated heterocycles. The second-order valence-electron chi connectivity index (χ2n) is 9.96. The average molecular weight is 487 g/mol. The topological polar surface area (TPSA) is 70.0 Å². The van der Waals surface area contributed by atoms with Gasteiger partial charge in [-0.05, 0) is 70.2 Å². The Kier molecular flexibility index (Phi) is 5.90. The summed E-state index contributed by atoms with van der Waals surface area (Å²) in [5.74, 6) is -0.252. The van der Waals surface area contributed by atoms with Gasteiger partial charge >= 0.3 is 0 Å². The third-order valence-corrected chi connectivity index (χ3v) is 7.82. The van der Waals surface area contributed by atoms with E-state index in [-0.39, 0.29) is 11.2 Å². The molecule has 6 heteroatoms. The molecule has 5 rings (SSSR count). The summed E-state index contributed by atoms with van der Waals surface area (Å²) in [5.41, 5.74) is 7.48. The third-order valence-electron chi connectivity index (χ3n) is 7.01. The molecular weight excluding hydrogens is 456 g/mol. The van der Waals surface area contributed by atoms with E-state index in [2.05, 4.69) is 86.5 Å². The van der Waals surface area contributed by atoms with Crippen LogP contribution in [0.4, 0.5) is 11.4 Å². The molecule has 0 aliphatic carbocycles. The van der Waals surface area contributed by atoms with Gasteiger partial charge in [-0.2, -0.15) is 8.42 Å².